The number of nitrogens with zero attached hydrogens (tertiary/aromatic N) is 1. The van der Waals surface area contributed by atoms with E-state index in [0.717, 1.165) is 24.8 Å². The summed E-state index contributed by atoms with van der Waals surface area (Å²) >= 11 is 0. The van der Waals surface area contributed by atoms with Gasteiger partial charge in [0.25, 0.3) is 10.1 Å². The number of nitrogens with one attached hydrogen (secondary N) is 1. The van der Waals surface area contributed by atoms with Gasteiger partial charge >= 0.3 is 0 Å². The fourth-order valence-electron chi connectivity index (χ4n) is 2.78. The molecule has 0 radical (unpaired) electrons. The van der Waals surface area contributed by atoms with Gasteiger partial charge in [0.2, 0.25) is 0 Å². The van der Waals surface area contributed by atoms with Crippen LogP contribution in [-0.4, -0.2) is 13.0 Å². The Kier molecular flexibility index (Phi) is 62.1. The summed E-state index contributed by atoms with van der Waals surface area (Å²) in [5.74, 6) is 0. The van der Waals surface area contributed by atoms with Crippen LogP contribution in [0.1, 0.15) is 151 Å². The lowest BCUT2D eigenvalue weighted by molar-refractivity contribution is 0.482. The molecule has 2 aromatic rings. The zero-order valence-electron chi connectivity index (χ0n) is 36.5. The third kappa shape index (κ3) is 44.6. The lowest BCUT2D eigenvalue weighted by Gasteiger charge is -2.10. The van der Waals surface area contributed by atoms with Crippen LogP contribution in [0.3, 0.4) is 0 Å². The minimum atomic E-state index is -4.06. The second-order valence-corrected chi connectivity index (χ2v) is 11.2. The van der Waals surface area contributed by atoms with Crippen LogP contribution in [-0.2, 0) is 23.0 Å². The maximum Gasteiger partial charge on any atom is 0.294 e. The molecule has 0 bridgehead atoms. The number of nitriles is 1. The predicted molar refractivity (Wildman–Crippen MR) is 231 cm³/mol. The smallest absolute Gasteiger partial charge is 0.294 e. The molecule has 0 aliphatic heterocycles. The molecule has 0 heterocycles. The average molecular weight is 719 g/mol. The molecule has 6 heteroatoms. The van der Waals surface area contributed by atoms with Crippen LogP contribution in [0.2, 0.25) is 0 Å². The van der Waals surface area contributed by atoms with E-state index >= 15 is 0 Å². The molecule has 292 valence electrons. The van der Waals surface area contributed by atoms with Gasteiger partial charge < -0.3 is 0 Å². The quantitative estimate of drug-likeness (QED) is 0.139. The van der Waals surface area contributed by atoms with Crippen LogP contribution >= 0.6 is 0 Å². The highest BCUT2D eigenvalue weighted by atomic mass is 32.2. The summed E-state index contributed by atoms with van der Waals surface area (Å²) in [6, 6.07) is 9.44. The van der Waals surface area contributed by atoms with Crippen LogP contribution in [0.15, 0.2) is 84.5 Å². The van der Waals surface area contributed by atoms with E-state index in [0.29, 0.717) is 11.3 Å². The highest BCUT2D eigenvalue weighted by molar-refractivity contribution is 7.85. The van der Waals surface area contributed by atoms with Gasteiger partial charge in [-0.3, -0.25) is 9.87 Å². The van der Waals surface area contributed by atoms with Gasteiger partial charge in [-0.2, -0.15) is 13.7 Å². The van der Waals surface area contributed by atoms with Crippen molar-refractivity contribution in [2.24, 2.45) is 0 Å². The van der Waals surface area contributed by atoms with Crippen LogP contribution in [0.5, 0.6) is 0 Å². The number of aryl methyl sites for hydroxylation is 4. The first-order valence-electron chi connectivity index (χ1n) is 18.1. The molecule has 2 N–H and O–H groups in total. The summed E-state index contributed by atoms with van der Waals surface area (Å²) in [5.41, 5.74) is 10.6. The van der Waals surface area contributed by atoms with Crippen molar-refractivity contribution < 1.29 is 13.0 Å². The van der Waals surface area contributed by atoms with Crippen molar-refractivity contribution in [2.75, 3.05) is 0 Å². The Morgan fingerprint density at radius 3 is 1.26 bits per heavy atom. The van der Waals surface area contributed by atoms with Gasteiger partial charge in [0, 0.05) is 5.70 Å². The molecule has 0 spiro atoms. The van der Waals surface area contributed by atoms with Gasteiger partial charge in [-0.15, -0.1) is 19.7 Å². The Balaban J connectivity index is -0.0000000719. The number of benzene rings is 2. The molecule has 50 heavy (non-hydrogen) atoms. The number of allylic oxidation sites excluding steroid dienone is 4. The summed E-state index contributed by atoms with van der Waals surface area (Å²) in [7, 11) is -4.06. The number of rotatable bonds is 5. The molecule has 0 saturated carbocycles. The van der Waals surface area contributed by atoms with Gasteiger partial charge in [0.1, 0.15) is 0 Å². The van der Waals surface area contributed by atoms with Crippen molar-refractivity contribution >= 4 is 10.1 Å². The lowest BCUT2D eigenvalue weighted by Crippen LogP contribution is -2.00. The first kappa shape index (κ1) is 65.0. The summed E-state index contributed by atoms with van der Waals surface area (Å²) in [4.78, 5) is -0.0116. The first-order chi connectivity index (χ1) is 23.4. The zero-order chi connectivity index (χ0) is 42.1. The predicted octanol–water partition coefficient (Wildman–Crippen LogP) is 14.4. The third-order valence-corrected chi connectivity index (χ3v) is 6.84. The Morgan fingerprint density at radius 2 is 1.10 bits per heavy atom. The summed E-state index contributed by atoms with van der Waals surface area (Å²) in [6.45, 7) is 53.4. The Morgan fingerprint density at radius 1 is 0.780 bits per heavy atom. The van der Waals surface area contributed by atoms with Crippen LogP contribution in [0.25, 0.3) is 0 Å². The van der Waals surface area contributed by atoms with E-state index < -0.39 is 10.1 Å². The molecule has 0 fully saturated rings. The maximum atomic E-state index is 10.8. The van der Waals surface area contributed by atoms with E-state index in [-0.39, 0.29) is 4.90 Å². The van der Waals surface area contributed by atoms with Gasteiger partial charge in [0.05, 0.1) is 4.90 Å². The maximum absolute atomic E-state index is 10.8. The average Bonchev–Trinajstić information content (AvgIpc) is 3.12. The Bertz CT molecular complexity index is 1220. The van der Waals surface area contributed by atoms with E-state index in [9.17, 15) is 8.42 Å². The molecule has 2 rings (SSSR count). The highest BCUT2D eigenvalue weighted by Gasteiger charge is 2.12. The largest absolute Gasteiger partial charge is 0.298 e. The Labute approximate surface area is 314 Å². The fraction of sp³-hybridized carbons (Fsp3) is 0.523. The molecule has 0 amide bonds. The van der Waals surface area contributed by atoms with Gasteiger partial charge in [0.15, 0.2) is 6.19 Å². The van der Waals surface area contributed by atoms with Crippen LogP contribution in [0, 0.1) is 39.1 Å². The minimum Gasteiger partial charge on any atom is -0.298 e. The van der Waals surface area contributed by atoms with Crippen LogP contribution < -0.4 is 5.32 Å². The molecule has 0 atom stereocenters. The molecule has 0 aliphatic carbocycles. The summed E-state index contributed by atoms with van der Waals surface area (Å²) in [6.07, 6.45) is 7.21. The normalized spacial score (nSPS) is 8.00. The SMILES string of the molecule is C=C.C=C(C)CC.C=C(C)NC#N.CC.CC.CC.CC.CC=C(C)C.CCc1ccc(CC)c(C)c1C.Cc1ccc(C)c(S(=O)(=O)O)c1. The van der Waals surface area contributed by atoms with E-state index in [4.69, 9.17) is 9.81 Å². The van der Waals surface area contributed by atoms with Gasteiger partial charge in [-0.25, -0.2) is 0 Å². The second kappa shape index (κ2) is 47.7. The van der Waals surface area contributed by atoms with Crippen molar-refractivity contribution in [1.82, 2.24) is 5.32 Å². The molecular weight excluding hydrogens is 637 g/mol. The van der Waals surface area contributed by atoms with E-state index in [2.05, 4.69) is 98.3 Å². The first-order valence-corrected chi connectivity index (χ1v) is 19.5. The van der Waals surface area contributed by atoms with Crippen molar-refractivity contribution in [1.29, 1.82) is 5.26 Å². The van der Waals surface area contributed by atoms with Crippen LogP contribution in [0.4, 0.5) is 0 Å². The summed E-state index contributed by atoms with van der Waals surface area (Å²) in [5, 5.41) is 10.1. The topological polar surface area (TPSA) is 90.2 Å². The van der Waals surface area contributed by atoms with Crippen molar-refractivity contribution in [3.05, 3.63) is 113 Å². The number of hydrogen-bond acceptors (Lipinski definition) is 4. The fourth-order valence-corrected chi connectivity index (χ4v) is 3.59. The molecular formula is C44H82N2O3S. The molecule has 0 aliphatic rings. The number of hydrogen-bond donors (Lipinski definition) is 2. The van der Waals surface area contributed by atoms with Crippen molar-refractivity contribution in [2.45, 2.75) is 163 Å². The zero-order valence-corrected chi connectivity index (χ0v) is 37.3. The standard InChI is InChI=1S/C12H18.C8H10O3S.2C5H10.C4H6N2.4C2H6.C2H4/c1-5-11-7-8-12(6-2)10(4)9(11)3;1-6-3-4-7(2)8(5-6)12(9,10)11;2*1-4-5(2)3;1-4(2)6-3-5;5*1-2/h7-8H,5-6H2,1-4H3;3-5H,1-2H3,(H,9,10,11);4H,1-3H3;2,4H2,1,3H3;6H,1H2,2H3;4*1-2H3;1-2H2. The third-order valence-electron chi connectivity index (χ3n) is 5.85. The van der Waals surface area contributed by atoms with Crippen molar-refractivity contribution in [3.8, 4) is 6.19 Å². The van der Waals surface area contributed by atoms with Crippen molar-refractivity contribution in [3.63, 3.8) is 0 Å². The van der Waals surface area contributed by atoms with E-state index in [1.54, 1.807) is 39.1 Å². The van der Waals surface area contributed by atoms with E-state index in [1.165, 1.54) is 39.5 Å². The molecule has 2 aromatic carbocycles. The molecule has 5 nitrogen and oxygen atoms in total. The molecule has 0 aromatic heterocycles. The molecule has 0 unspecified atom stereocenters. The monoisotopic (exact) mass is 719 g/mol. The van der Waals surface area contributed by atoms with Gasteiger partial charge in [-0.05, 0) is 121 Å². The van der Waals surface area contributed by atoms with E-state index in [1.807, 2.05) is 69.2 Å². The lowest BCUT2D eigenvalue weighted by atomic mass is 9.96. The van der Waals surface area contributed by atoms with Gasteiger partial charge in [-0.1, -0.05) is 124 Å². The molecule has 0 saturated heterocycles. The summed E-state index contributed by atoms with van der Waals surface area (Å²) < 4.78 is 30.3. The minimum absolute atomic E-state index is 0.0116. The second-order valence-electron chi connectivity index (χ2n) is 9.78. The Hall–Kier alpha value is -3.40. The highest BCUT2D eigenvalue weighted by Crippen LogP contribution is 2.18.